The maximum atomic E-state index is 10.2. The number of ether oxygens (including phenoxy) is 1. The second-order valence-corrected chi connectivity index (χ2v) is 5.31. The molecule has 1 aromatic rings. The van der Waals surface area contributed by atoms with Crippen molar-refractivity contribution >= 4 is 6.47 Å². The zero-order valence-electron chi connectivity index (χ0n) is 11.6. The van der Waals surface area contributed by atoms with Crippen LogP contribution in [0.3, 0.4) is 0 Å². The van der Waals surface area contributed by atoms with E-state index in [9.17, 15) is 4.79 Å². The first kappa shape index (κ1) is 14.1. The third-order valence-electron chi connectivity index (χ3n) is 4.01. The largest absolute Gasteiger partial charge is 0.468 e. The van der Waals surface area contributed by atoms with Gasteiger partial charge in [0, 0.05) is 6.54 Å². The molecule has 0 spiro atoms. The molecule has 1 saturated heterocycles. The number of nitrogens with one attached hydrogen (secondary N) is 1. The van der Waals surface area contributed by atoms with Crippen molar-refractivity contribution in [3.8, 4) is 0 Å². The Hall–Kier alpha value is -1.35. The van der Waals surface area contributed by atoms with Gasteiger partial charge in [0.2, 0.25) is 0 Å². The highest BCUT2D eigenvalue weighted by molar-refractivity contribution is 5.36. The highest BCUT2D eigenvalue weighted by atomic mass is 16.5. The lowest BCUT2D eigenvalue weighted by Gasteiger charge is -2.30. The second-order valence-electron chi connectivity index (χ2n) is 5.31. The summed E-state index contributed by atoms with van der Waals surface area (Å²) >= 11 is 0. The van der Waals surface area contributed by atoms with Crippen molar-refractivity contribution in [2.24, 2.45) is 5.92 Å². The van der Waals surface area contributed by atoms with E-state index < -0.39 is 0 Å². The van der Waals surface area contributed by atoms with E-state index in [1.807, 2.05) is 0 Å². The van der Waals surface area contributed by atoms with Crippen LogP contribution in [0.4, 0.5) is 0 Å². The lowest BCUT2D eigenvalue weighted by Crippen LogP contribution is -2.35. The van der Waals surface area contributed by atoms with Gasteiger partial charge in [0.15, 0.2) is 0 Å². The van der Waals surface area contributed by atoms with E-state index in [0.717, 1.165) is 25.9 Å². The van der Waals surface area contributed by atoms with Gasteiger partial charge < -0.3 is 10.1 Å². The van der Waals surface area contributed by atoms with Gasteiger partial charge in [0.1, 0.15) is 0 Å². The van der Waals surface area contributed by atoms with E-state index in [1.54, 1.807) is 0 Å². The molecule has 0 bridgehead atoms. The molecule has 2 rings (SSSR count). The highest BCUT2D eigenvalue weighted by Crippen LogP contribution is 2.28. The molecule has 0 radical (unpaired) electrons. The predicted octanol–water partition coefficient (Wildman–Crippen LogP) is 2.51. The Morgan fingerprint density at radius 1 is 1.32 bits per heavy atom. The molecule has 1 fully saturated rings. The Balaban J connectivity index is 1.90. The van der Waals surface area contributed by atoms with E-state index in [-0.39, 0.29) is 0 Å². The molecule has 1 aromatic carbocycles. The molecule has 2 unspecified atom stereocenters. The fourth-order valence-corrected chi connectivity index (χ4v) is 2.81. The van der Waals surface area contributed by atoms with E-state index >= 15 is 0 Å². The second kappa shape index (κ2) is 7.29. The Morgan fingerprint density at radius 2 is 2.11 bits per heavy atom. The molecule has 0 aliphatic carbocycles. The summed E-state index contributed by atoms with van der Waals surface area (Å²) in [6.07, 6.45) is 3.23. The summed E-state index contributed by atoms with van der Waals surface area (Å²) in [4.78, 5) is 10.2. The van der Waals surface area contributed by atoms with Crippen LogP contribution in [0, 0.1) is 5.92 Å². The number of benzene rings is 1. The van der Waals surface area contributed by atoms with Crippen LogP contribution in [0.1, 0.15) is 36.8 Å². The van der Waals surface area contributed by atoms with Gasteiger partial charge in [-0.1, -0.05) is 31.2 Å². The first-order valence-electron chi connectivity index (χ1n) is 7.18. The van der Waals surface area contributed by atoms with Crippen LogP contribution in [-0.4, -0.2) is 26.2 Å². The summed E-state index contributed by atoms with van der Waals surface area (Å²) in [5.41, 5.74) is 2.81. The molecule has 0 saturated carbocycles. The quantitative estimate of drug-likeness (QED) is 0.631. The van der Waals surface area contributed by atoms with Crippen LogP contribution in [0.5, 0.6) is 0 Å². The van der Waals surface area contributed by atoms with Crippen molar-refractivity contribution in [2.75, 3.05) is 19.7 Å². The number of hydrogen-bond acceptors (Lipinski definition) is 3. The molecule has 3 heteroatoms. The molecule has 1 aliphatic rings. The normalized spacial score (nSPS) is 23.0. The van der Waals surface area contributed by atoms with E-state index in [4.69, 9.17) is 4.74 Å². The van der Waals surface area contributed by atoms with Crippen LogP contribution in [0.25, 0.3) is 0 Å². The van der Waals surface area contributed by atoms with Gasteiger partial charge in [-0.3, -0.25) is 4.79 Å². The number of piperidine rings is 1. The van der Waals surface area contributed by atoms with Crippen LogP contribution < -0.4 is 5.32 Å². The standard InChI is InChI=1S/C16H23NO2/c1-2-13-3-5-15(6-4-13)16-9-14(10-17-11-16)7-8-19-12-18/h3-6,12,14,16-17H,2,7-11H2,1H3. The van der Waals surface area contributed by atoms with Gasteiger partial charge in [0.05, 0.1) is 6.61 Å². The Bertz CT molecular complexity index is 388. The molecule has 3 nitrogen and oxygen atoms in total. The summed E-state index contributed by atoms with van der Waals surface area (Å²) in [6, 6.07) is 8.98. The van der Waals surface area contributed by atoms with Gasteiger partial charge in [-0.05, 0) is 48.8 Å². The molecule has 0 aromatic heterocycles. The SMILES string of the molecule is CCc1ccc(C2CNCC(CCOC=O)C2)cc1. The molecule has 1 N–H and O–H groups in total. The maximum absolute atomic E-state index is 10.2. The third kappa shape index (κ3) is 4.06. The predicted molar refractivity (Wildman–Crippen MR) is 76.2 cm³/mol. The summed E-state index contributed by atoms with van der Waals surface area (Å²) in [6.45, 7) is 5.34. The lowest BCUT2D eigenvalue weighted by molar-refractivity contribution is -0.129. The average molecular weight is 261 g/mol. The maximum Gasteiger partial charge on any atom is 0.293 e. The van der Waals surface area contributed by atoms with E-state index in [1.165, 1.54) is 17.5 Å². The van der Waals surface area contributed by atoms with Gasteiger partial charge in [-0.15, -0.1) is 0 Å². The molecule has 1 aliphatic heterocycles. The van der Waals surface area contributed by atoms with Crippen molar-refractivity contribution in [1.82, 2.24) is 5.32 Å². The monoisotopic (exact) mass is 261 g/mol. The highest BCUT2D eigenvalue weighted by Gasteiger charge is 2.22. The fourth-order valence-electron chi connectivity index (χ4n) is 2.81. The van der Waals surface area contributed by atoms with Crippen LogP contribution in [0.2, 0.25) is 0 Å². The molecular formula is C16H23NO2. The summed E-state index contributed by atoms with van der Waals surface area (Å²) in [5.74, 6) is 1.19. The van der Waals surface area contributed by atoms with E-state index in [0.29, 0.717) is 24.9 Å². The number of carbonyl (C=O) groups excluding carboxylic acids is 1. The summed E-state index contributed by atoms with van der Waals surface area (Å²) in [5, 5.41) is 3.50. The summed E-state index contributed by atoms with van der Waals surface area (Å²) in [7, 11) is 0. The minimum absolute atomic E-state index is 0.539. The zero-order valence-corrected chi connectivity index (χ0v) is 11.6. The first-order chi connectivity index (χ1) is 9.33. The number of hydrogen-bond donors (Lipinski definition) is 1. The molecule has 0 amide bonds. The molecule has 104 valence electrons. The van der Waals surface area contributed by atoms with Crippen LogP contribution in [0.15, 0.2) is 24.3 Å². The van der Waals surface area contributed by atoms with Gasteiger partial charge in [0.25, 0.3) is 6.47 Å². The fraction of sp³-hybridized carbons (Fsp3) is 0.562. The van der Waals surface area contributed by atoms with Crippen molar-refractivity contribution in [1.29, 1.82) is 0 Å². The minimum Gasteiger partial charge on any atom is -0.468 e. The van der Waals surface area contributed by atoms with Gasteiger partial charge >= 0.3 is 0 Å². The Kier molecular flexibility index (Phi) is 5.40. The van der Waals surface area contributed by atoms with Crippen molar-refractivity contribution in [2.45, 2.75) is 32.1 Å². The summed E-state index contributed by atoms with van der Waals surface area (Å²) < 4.78 is 4.80. The van der Waals surface area contributed by atoms with Crippen molar-refractivity contribution in [3.63, 3.8) is 0 Å². The molecular weight excluding hydrogens is 238 g/mol. The Labute approximate surface area is 115 Å². The van der Waals surface area contributed by atoms with Crippen molar-refractivity contribution in [3.05, 3.63) is 35.4 Å². The molecule has 1 heterocycles. The smallest absolute Gasteiger partial charge is 0.293 e. The number of aryl methyl sites for hydroxylation is 1. The minimum atomic E-state index is 0.539. The Morgan fingerprint density at radius 3 is 2.79 bits per heavy atom. The van der Waals surface area contributed by atoms with Crippen molar-refractivity contribution < 1.29 is 9.53 Å². The zero-order chi connectivity index (χ0) is 13.5. The van der Waals surface area contributed by atoms with Gasteiger partial charge in [-0.25, -0.2) is 0 Å². The molecule has 19 heavy (non-hydrogen) atoms. The average Bonchev–Trinajstić information content (AvgIpc) is 2.48. The number of rotatable bonds is 6. The van der Waals surface area contributed by atoms with Gasteiger partial charge in [-0.2, -0.15) is 0 Å². The lowest BCUT2D eigenvalue weighted by atomic mass is 9.84. The van der Waals surface area contributed by atoms with Crippen LogP contribution in [-0.2, 0) is 16.0 Å². The van der Waals surface area contributed by atoms with Crippen LogP contribution >= 0.6 is 0 Å². The topological polar surface area (TPSA) is 38.3 Å². The molecule has 2 atom stereocenters. The van der Waals surface area contributed by atoms with E-state index in [2.05, 4.69) is 36.5 Å². The first-order valence-corrected chi connectivity index (χ1v) is 7.18. The number of carbonyl (C=O) groups is 1. The third-order valence-corrected chi connectivity index (χ3v) is 4.01.